The molecule has 1 amide bonds. The molecule has 0 aliphatic carbocycles. The molecule has 0 radical (unpaired) electrons. The van der Waals surface area contributed by atoms with Crippen molar-refractivity contribution in [2.75, 3.05) is 13.6 Å². The molecule has 0 aromatic carbocycles. The van der Waals surface area contributed by atoms with Gasteiger partial charge in [0, 0.05) is 20.0 Å². The third-order valence-electron chi connectivity index (χ3n) is 1.66. The lowest BCUT2D eigenvalue weighted by molar-refractivity contribution is -0.129. The summed E-state index contributed by atoms with van der Waals surface area (Å²) in [5.74, 6) is 0.227. The van der Waals surface area contributed by atoms with Crippen molar-refractivity contribution >= 4 is 5.91 Å². The highest BCUT2D eigenvalue weighted by molar-refractivity contribution is 5.75. The van der Waals surface area contributed by atoms with Crippen LogP contribution in [0.25, 0.3) is 0 Å². The summed E-state index contributed by atoms with van der Waals surface area (Å²) in [6.45, 7) is 4.75. The van der Waals surface area contributed by atoms with Crippen molar-refractivity contribution in [3.63, 3.8) is 0 Å². The molecule has 0 aromatic heterocycles. The Hall–Kier alpha value is -0.790. The predicted molar refractivity (Wildman–Crippen MR) is 47.4 cm³/mol. The Morgan fingerprint density at radius 1 is 1.55 bits per heavy atom. The van der Waals surface area contributed by atoms with Crippen LogP contribution in [0.2, 0.25) is 0 Å². The van der Waals surface area contributed by atoms with Crippen LogP contribution in [0.15, 0.2) is 12.2 Å². The van der Waals surface area contributed by atoms with Crippen molar-refractivity contribution in [3.05, 3.63) is 12.2 Å². The van der Waals surface area contributed by atoms with Gasteiger partial charge >= 0.3 is 0 Å². The Labute approximate surface area is 68.9 Å². The molecule has 0 bridgehead atoms. The minimum absolute atomic E-state index is 0.227. The molecule has 0 atom stereocenters. The molecule has 0 saturated carbocycles. The predicted octanol–water partition coefficient (Wildman–Crippen LogP) is 1.82. The third-order valence-corrected chi connectivity index (χ3v) is 1.66. The van der Waals surface area contributed by atoms with E-state index in [1.54, 1.807) is 4.90 Å². The average molecular weight is 155 g/mol. The summed E-state index contributed by atoms with van der Waals surface area (Å²) < 4.78 is 0. The lowest BCUT2D eigenvalue weighted by atomic mass is 10.2. The highest BCUT2D eigenvalue weighted by atomic mass is 16.2. The summed E-state index contributed by atoms with van der Waals surface area (Å²) in [6, 6.07) is 0. The molecule has 0 aliphatic heterocycles. The van der Waals surface area contributed by atoms with E-state index in [1.165, 1.54) is 0 Å². The van der Waals surface area contributed by atoms with Gasteiger partial charge < -0.3 is 4.90 Å². The molecule has 64 valence electrons. The molecule has 0 heterocycles. The molecule has 11 heavy (non-hydrogen) atoms. The van der Waals surface area contributed by atoms with E-state index in [-0.39, 0.29) is 5.91 Å². The van der Waals surface area contributed by atoms with Gasteiger partial charge in [0.05, 0.1) is 0 Å². The number of carbonyl (C=O) groups is 1. The first-order valence-electron chi connectivity index (χ1n) is 4.07. The fourth-order valence-electron chi connectivity index (χ4n) is 0.741. The molecule has 2 nitrogen and oxygen atoms in total. The normalized spacial score (nSPS) is 10.5. The zero-order valence-corrected chi connectivity index (χ0v) is 7.63. The fourth-order valence-corrected chi connectivity index (χ4v) is 0.741. The number of allylic oxidation sites excluding steroid dienone is 2. The van der Waals surface area contributed by atoms with Crippen molar-refractivity contribution in [1.82, 2.24) is 4.90 Å². The van der Waals surface area contributed by atoms with E-state index in [1.807, 2.05) is 33.0 Å². The first kappa shape index (κ1) is 10.2. The van der Waals surface area contributed by atoms with Crippen LogP contribution in [0, 0.1) is 0 Å². The van der Waals surface area contributed by atoms with Crippen molar-refractivity contribution < 1.29 is 4.79 Å². The SMILES string of the molecule is C/C=C\CCC(=O)N(C)CC. The van der Waals surface area contributed by atoms with Crippen LogP contribution in [0.3, 0.4) is 0 Å². The zero-order chi connectivity index (χ0) is 8.69. The third kappa shape index (κ3) is 4.59. The van der Waals surface area contributed by atoms with Crippen LogP contribution in [-0.2, 0) is 4.79 Å². The second-order valence-corrected chi connectivity index (χ2v) is 2.52. The van der Waals surface area contributed by atoms with E-state index in [2.05, 4.69) is 0 Å². The summed E-state index contributed by atoms with van der Waals surface area (Å²) in [5.41, 5.74) is 0. The van der Waals surface area contributed by atoms with Gasteiger partial charge in [-0.05, 0) is 20.3 Å². The number of carbonyl (C=O) groups excluding carboxylic acids is 1. The Kier molecular flexibility index (Phi) is 5.53. The maximum atomic E-state index is 11.1. The molecular weight excluding hydrogens is 138 g/mol. The van der Waals surface area contributed by atoms with Gasteiger partial charge in [-0.1, -0.05) is 12.2 Å². The fraction of sp³-hybridized carbons (Fsp3) is 0.667. The molecule has 2 heteroatoms. The summed E-state index contributed by atoms with van der Waals surface area (Å²) in [7, 11) is 1.83. The van der Waals surface area contributed by atoms with E-state index in [0.717, 1.165) is 13.0 Å². The van der Waals surface area contributed by atoms with E-state index in [4.69, 9.17) is 0 Å². The van der Waals surface area contributed by atoms with Crippen LogP contribution in [0.4, 0.5) is 0 Å². The number of rotatable bonds is 4. The summed E-state index contributed by atoms with van der Waals surface area (Å²) >= 11 is 0. The van der Waals surface area contributed by atoms with Crippen LogP contribution < -0.4 is 0 Å². The number of hydrogen-bond donors (Lipinski definition) is 0. The summed E-state index contributed by atoms with van der Waals surface area (Å²) in [6.07, 6.45) is 5.48. The first-order valence-corrected chi connectivity index (χ1v) is 4.07. The van der Waals surface area contributed by atoms with Crippen LogP contribution in [-0.4, -0.2) is 24.4 Å². The zero-order valence-electron chi connectivity index (χ0n) is 7.63. The highest BCUT2D eigenvalue weighted by Gasteiger charge is 2.03. The van der Waals surface area contributed by atoms with Gasteiger partial charge in [-0.15, -0.1) is 0 Å². The molecule has 0 aromatic rings. The molecule has 0 saturated heterocycles. The second-order valence-electron chi connectivity index (χ2n) is 2.52. The number of hydrogen-bond acceptors (Lipinski definition) is 1. The van der Waals surface area contributed by atoms with Crippen molar-refractivity contribution in [1.29, 1.82) is 0 Å². The van der Waals surface area contributed by atoms with Gasteiger partial charge in [0.1, 0.15) is 0 Å². The van der Waals surface area contributed by atoms with Gasteiger partial charge in [-0.25, -0.2) is 0 Å². The molecule has 0 N–H and O–H groups in total. The summed E-state index contributed by atoms with van der Waals surface area (Å²) in [4.78, 5) is 12.9. The molecule has 0 unspecified atom stereocenters. The second kappa shape index (κ2) is 5.96. The van der Waals surface area contributed by atoms with E-state index < -0.39 is 0 Å². The quantitative estimate of drug-likeness (QED) is 0.567. The Morgan fingerprint density at radius 2 is 2.18 bits per heavy atom. The van der Waals surface area contributed by atoms with Gasteiger partial charge in [0.25, 0.3) is 0 Å². The standard InChI is InChI=1S/C9H17NO/c1-4-6-7-8-9(11)10(3)5-2/h4,6H,5,7-8H2,1-3H3/b6-4-. The van der Waals surface area contributed by atoms with Crippen LogP contribution in [0.1, 0.15) is 26.7 Å². The molecule has 0 aliphatic rings. The number of nitrogens with zero attached hydrogens (tertiary/aromatic N) is 1. The van der Waals surface area contributed by atoms with Crippen LogP contribution >= 0.6 is 0 Å². The van der Waals surface area contributed by atoms with E-state index in [0.29, 0.717) is 6.42 Å². The van der Waals surface area contributed by atoms with Crippen molar-refractivity contribution in [2.45, 2.75) is 26.7 Å². The lowest BCUT2D eigenvalue weighted by Crippen LogP contribution is -2.25. The molecular formula is C9H17NO. The Morgan fingerprint density at radius 3 is 2.64 bits per heavy atom. The Balaban J connectivity index is 3.52. The highest BCUT2D eigenvalue weighted by Crippen LogP contribution is 1.95. The van der Waals surface area contributed by atoms with Gasteiger partial charge in [-0.2, -0.15) is 0 Å². The Bertz CT molecular complexity index is 140. The topological polar surface area (TPSA) is 20.3 Å². The maximum Gasteiger partial charge on any atom is 0.222 e. The minimum atomic E-state index is 0.227. The largest absolute Gasteiger partial charge is 0.346 e. The first-order chi connectivity index (χ1) is 5.22. The van der Waals surface area contributed by atoms with Gasteiger partial charge in [-0.3, -0.25) is 4.79 Å². The summed E-state index contributed by atoms with van der Waals surface area (Å²) in [5, 5.41) is 0. The van der Waals surface area contributed by atoms with E-state index in [9.17, 15) is 4.79 Å². The molecule has 0 spiro atoms. The molecule has 0 fully saturated rings. The minimum Gasteiger partial charge on any atom is -0.346 e. The lowest BCUT2D eigenvalue weighted by Gasteiger charge is -2.12. The number of amides is 1. The van der Waals surface area contributed by atoms with Crippen LogP contribution in [0.5, 0.6) is 0 Å². The van der Waals surface area contributed by atoms with Crippen molar-refractivity contribution in [2.24, 2.45) is 0 Å². The van der Waals surface area contributed by atoms with Crippen molar-refractivity contribution in [3.8, 4) is 0 Å². The van der Waals surface area contributed by atoms with Gasteiger partial charge in [0.15, 0.2) is 0 Å². The average Bonchev–Trinajstić information content (AvgIpc) is 2.03. The van der Waals surface area contributed by atoms with E-state index >= 15 is 0 Å². The van der Waals surface area contributed by atoms with Gasteiger partial charge in [0.2, 0.25) is 5.91 Å². The molecule has 0 rings (SSSR count). The maximum absolute atomic E-state index is 11.1. The smallest absolute Gasteiger partial charge is 0.222 e. The monoisotopic (exact) mass is 155 g/mol.